The van der Waals surface area contributed by atoms with Crippen LogP contribution in [0.15, 0.2) is 24.3 Å². The van der Waals surface area contributed by atoms with E-state index in [-0.39, 0.29) is 24.2 Å². The summed E-state index contributed by atoms with van der Waals surface area (Å²) in [5.74, 6) is -0.267. The third-order valence-electron chi connectivity index (χ3n) is 2.84. The van der Waals surface area contributed by atoms with Gasteiger partial charge in [-0.15, -0.1) is 0 Å². The highest BCUT2D eigenvalue weighted by atomic mass is 19.1. The molecule has 0 aliphatic carbocycles. The van der Waals surface area contributed by atoms with Gasteiger partial charge in [-0.3, -0.25) is 4.79 Å². The molecule has 3 nitrogen and oxygen atoms in total. The number of carbonyl (C=O) groups excluding carboxylic acids is 1. The molecular formula is C13H16FNO2. The number of hydrogen-bond acceptors (Lipinski definition) is 2. The fraction of sp³-hybridized carbons (Fsp3) is 0.462. The molecule has 1 aromatic carbocycles. The second kappa shape index (κ2) is 5.27. The second-order valence-electron chi connectivity index (χ2n) is 4.33. The van der Waals surface area contributed by atoms with E-state index in [1.54, 1.807) is 17.0 Å². The third kappa shape index (κ3) is 3.27. The second-order valence-corrected chi connectivity index (χ2v) is 4.33. The van der Waals surface area contributed by atoms with E-state index in [2.05, 4.69) is 0 Å². The van der Waals surface area contributed by atoms with Crippen LogP contribution in [0, 0.1) is 5.82 Å². The van der Waals surface area contributed by atoms with Crippen molar-refractivity contribution in [1.29, 1.82) is 0 Å². The van der Waals surface area contributed by atoms with Crippen molar-refractivity contribution in [3.63, 3.8) is 0 Å². The summed E-state index contributed by atoms with van der Waals surface area (Å²) in [5.41, 5.74) is 0.717. The highest BCUT2D eigenvalue weighted by molar-refractivity contribution is 5.78. The summed E-state index contributed by atoms with van der Waals surface area (Å²) >= 11 is 0. The number of carbonyl (C=O) groups is 1. The molecule has 0 radical (unpaired) electrons. The molecule has 2 rings (SSSR count). The fourth-order valence-corrected chi connectivity index (χ4v) is 1.98. The molecule has 17 heavy (non-hydrogen) atoms. The highest BCUT2D eigenvalue weighted by Crippen LogP contribution is 2.09. The fourth-order valence-electron chi connectivity index (χ4n) is 1.98. The van der Waals surface area contributed by atoms with Crippen molar-refractivity contribution in [3.05, 3.63) is 35.6 Å². The summed E-state index contributed by atoms with van der Waals surface area (Å²) in [4.78, 5) is 13.7. The summed E-state index contributed by atoms with van der Waals surface area (Å²) in [6, 6.07) is 6.18. The van der Waals surface area contributed by atoms with Gasteiger partial charge in [0.1, 0.15) is 5.82 Å². The molecule has 1 heterocycles. The minimum absolute atomic E-state index is 0.0331. The first-order chi connectivity index (χ1) is 8.15. The number of hydrogen-bond donors (Lipinski definition) is 0. The molecule has 92 valence electrons. The van der Waals surface area contributed by atoms with Gasteiger partial charge >= 0.3 is 0 Å². The van der Waals surface area contributed by atoms with Crippen LogP contribution >= 0.6 is 0 Å². The van der Waals surface area contributed by atoms with Gasteiger partial charge in [-0.1, -0.05) is 12.1 Å². The molecule has 1 aromatic rings. The summed E-state index contributed by atoms with van der Waals surface area (Å²) < 4.78 is 18.4. The van der Waals surface area contributed by atoms with Gasteiger partial charge in [0.05, 0.1) is 19.1 Å². The Bertz CT molecular complexity index is 408. The smallest absolute Gasteiger partial charge is 0.227 e. The number of rotatable bonds is 2. The number of morpholine rings is 1. The monoisotopic (exact) mass is 237 g/mol. The lowest BCUT2D eigenvalue weighted by Crippen LogP contribution is -2.45. The Morgan fingerprint density at radius 1 is 1.59 bits per heavy atom. The van der Waals surface area contributed by atoms with Crippen molar-refractivity contribution in [2.24, 2.45) is 0 Å². The zero-order valence-electron chi connectivity index (χ0n) is 9.86. The molecule has 1 aliphatic rings. The molecule has 0 bridgehead atoms. The van der Waals surface area contributed by atoms with Crippen molar-refractivity contribution in [1.82, 2.24) is 4.90 Å². The molecule has 1 unspecified atom stereocenters. The predicted molar refractivity (Wildman–Crippen MR) is 62.1 cm³/mol. The summed E-state index contributed by atoms with van der Waals surface area (Å²) in [7, 11) is 0. The van der Waals surface area contributed by atoms with Gasteiger partial charge in [-0.05, 0) is 24.6 Å². The van der Waals surface area contributed by atoms with Crippen LogP contribution in [0.3, 0.4) is 0 Å². The normalized spacial score (nSPS) is 20.4. The first kappa shape index (κ1) is 12.0. The van der Waals surface area contributed by atoms with E-state index in [1.165, 1.54) is 12.1 Å². The van der Waals surface area contributed by atoms with Gasteiger partial charge in [0, 0.05) is 13.1 Å². The van der Waals surface area contributed by atoms with E-state index in [1.807, 2.05) is 6.92 Å². The SMILES string of the molecule is CC1CN(C(=O)Cc2cccc(F)c2)CCO1. The van der Waals surface area contributed by atoms with Crippen LogP contribution < -0.4 is 0 Å². The standard InChI is InChI=1S/C13H16FNO2/c1-10-9-15(5-6-17-10)13(16)8-11-3-2-4-12(14)7-11/h2-4,7,10H,5-6,8-9H2,1H3. The van der Waals surface area contributed by atoms with Crippen LogP contribution in [0.25, 0.3) is 0 Å². The van der Waals surface area contributed by atoms with E-state index in [0.717, 1.165) is 0 Å². The Kier molecular flexibility index (Phi) is 3.74. The van der Waals surface area contributed by atoms with E-state index in [9.17, 15) is 9.18 Å². The summed E-state index contributed by atoms with van der Waals surface area (Å²) in [5, 5.41) is 0. The Morgan fingerprint density at radius 2 is 2.41 bits per heavy atom. The Labute approximate surface area is 100 Å². The van der Waals surface area contributed by atoms with Crippen molar-refractivity contribution < 1.29 is 13.9 Å². The number of halogens is 1. The quantitative estimate of drug-likeness (QED) is 0.782. The maximum absolute atomic E-state index is 13.0. The summed E-state index contributed by atoms with van der Waals surface area (Å²) in [6.45, 7) is 3.77. The first-order valence-corrected chi connectivity index (χ1v) is 5.79. The Hall–Kier alpha value is -1.42. The first-order valence-electron chi connectivity index (χ1n) is 5.79. The molecule has 0 N–H and O–H groups in total. The molecule has 1 fully saturated rings. The van der Waals surface area contributed by atoms with Crippen molar-refractivity contribution >= 4 is 5.91 Å². The van der Waals surface area contributed by atoms with Crippen LogP contribution in [0.4, 0.5) is 4.39 Å². The number of amides is 1. The van der Waals surface area contributed by atoms with Gasteiger partial charge in [-0.2, -0.15) is 0 Å². The van der Waals surface area contributed by atoms with Crippen LogP contribution in [0.1, 0.15) is 12.5 Å². The average Bonchev–Trinajstić information content (AvgIpc) is 2.29. The van der Waals surface area contributed by atoms with Gasteiger partial charge in [0.15, 0.2) is 0 Å². The number of ether oxygens (including phenoxy) is 1. The van der Waals surface area contributed by atoms with E-state index in [4.69, 9.17) is 4.74 Å². The maximum Gasteiger partial charge on any atom is 0.227 e. The molecule has 0 spiro atoms. The van der Waals surface area contributed by atoms with E-state index >= 15 is 0 Å². The zero-order chi connectivity index (χ0) is 12.3. The van der Waals surface area contributed by atoms with Gasteiger partial charge < -0.3 is 9.64 Å². The lowest BCUT2D eigenvalue weighted by molar-refractivity contribution is -0.137. The molecule has 1 aliphatic heterocycles. The van der Waals surface area contributed by atoms with Crippen molar-refractivity contribution in [2.45, 2.75) is 19.4 Å². The highest BCUT2D eigenvalue weighted by Gasteiger charge is 2.21. The summed E-state index contributed by atoms with van der Waals surface area (Å²) in [6.07, 6.45) is 0.338. The molecular weight excluding hydrogens is 221 g/mol. The number of nitrogens with zero attached hydrogens (tertiary/aromatic N) is 1. The predicted octanol–water partition coefficient (Wildman–Crippen LogP) is 1.62. The molecule has 1 atom stereocenters. The lowest BCUT2D eigenvalue weighted by Gasteiger charge is -2.31. The van der Waals surface area contributed by atoms with Gasteiger partial charge in [0.2, 0.25) is 5.91 Å². The lowest BCUT2D eigenvalue weighted by atomic mass is 10.1. The van der Waals surface area contributed by atoms with Crippen LogP contribution in [-0.4, -0.2) is 36.6 Å². The topological polar surface area (TPSA) is 29.5 Å². The van der Waals surface area contributed by atoms with Gasteiger partial charge in [0.25, 0.3) is 0 Å². The minimum Gasteiger partial charge on any atom is -0.375 e. The molecule has 0 saturated carbocycles. The third-order valence-corrected chi connectivity index (χ3v) is 2.84. The largest absolute Gasteiger partial charge is 0.375 e. The maximum atomic E-state index is 13.0. The van der Waals surface area contributed by atoms with Crippen LogP contribution in [0.2, 0.25) is 0 Å². The molecule has 1 amide bonds. The molecule has 0 aromatic heterocycles. The average molecular weight is 237 g/mol. The van der Waals surface area contributed by atoms with Crippen LogP contribution in [-0.2, 0) is 16.0 Å². The zero-order valence-corrected chi connectivity index (χ0v) is 9.86. The number of benzene rings is 1. The van der Waals surface area contributed by atoms with Crippen molar-refractivity contribution in [2.75, 3.05) is 19.7 Å². The Balaban J connectivity index is 1.96. The molecule has 4 heteroatoms. The van der Waals surface area contributed by atoms with Crippen LogP contribution in [0.5, 0.6) is 0 Å². The van der Waals surface area contributed by atoms with E-state index in [0.29, 0.717) is 25.3 Å². The van der Waals surface area contributed by atoms with E-state index < -0.39 is 0 Å². The molecule has 1 saturated heterocycles. The van der Waals surface area contributed by atoms with Gasteiger partial charge in [-0.25, -0.2) is 4.39 Å². The minimum atomic E-state index is -0.300. The Morgan fingerprint density at radius 3 is 3.12 bits per heavy atom. The van der Waals surface area contributed by atoms with Crippen molar-refractivity contribution in [3.8, 4) is 0 Å².